The highest BCUT2D eigenvalue weighted by molar-refractivity contribution is 7.14. The van der Waals surface area contributed by atoms with E-state index >= 15 is 0 Å². The Morgan fingerprint density at radius 1 is 0.944 bits per heavy atom. The minimum absolute atomic E-state index is 0.338. The molecule has 0 saturated heterocycles. The molecule has 0 radical (unpaired) electrons. The van der Waals surface area contributed by atoms with Crippen molar-refractivity contribution in [3.8, 4) is 10.7 Å². The van der Waals surface area contributed by atoms with E-state index in [0.29, 0.717) is 31.9 Å². The summed E-state index contributed by atoms with van der Waals surface area (Å²) in [5, 5.41) is 4.05. The highest BCUT2D eigenvalue weighted by atomic mass is 35.5. The number of hydrogen-bond donors (Lipinski definition) is 0. The van der Waals surface area contributed by atoms with Crippen LogP contribution in [0.25, 0.3) is 21.6 Å². The van der Waals surface area contributed by atoms with Gasteiger partial charge in [-0.1, -0.05) is 40.9 Å². The molecule has 0 fully saturated rings. The molecule has 1 aromatic carbocycles. The van der Waals surface area contributed by atoms with Crippen LogP contribution in [0, 0.1) is 0 Å². The molecule has 0 aliphatic heterocycles. The molecule has 2 nitrogen and oxygen atoms in total. The first-order valence-corrected chi connectivity index (χ1v) is 7.03. The zero-order valence-electron chi connectivity index (χ0n) is 8.82. The number of hydrogen-bond acceptors (Lipinski definition) is 3. The van der Waals surface area contributed by atoms with Gasteiger partial charge in [0.1, 0.15) is 5.15 Å². The lowest BCUT2D eigenvalue weighted by atomic mass is 10.2. The zero-order chi connectivity index (χ0) is 12.7. The van der Waals surface area contributed by atoms with E-state index in [1.165, 1.54) is 11.3 Å². The number of nitrogens with zero attached hydrogens (tertiary/aromatic N) is 2. The van der Waals surface area contributed by atoms with Crippen molar-refractivity contribution in [1.29, 1.82) is 0 Å². The molecule has 3 rings (SSSR count). The van der Waals surface area contributed by atoms with Crippen LogP contribution in [0.5, 0.6) is 0 Å². The van der Waals surface area contributed by atoms with Crippen LogP contribution in [0.3, 0.4) is 0 Å². The van der Waals surface area contributed by atoms with Gasteiger partial charge in [-0.15, -0.1) is 11.3 Å². The first kappa shape index (κ1) is 12.2. The Morgan fingerprint density at radius 3 is 2.50 bits per heavy atom. The molecule has 0 N–H and O–H groups in total. The predicted octanol–water partition coefficient (Wildman–Crippen LogP) is 5.32. The molecular formula is C12H5Cl3N2S. The first-order valence-electron chi connectivity index (χ1n) is 5.02. The van der Waals surface area contributed by atoms with Crippen molar-refractivity contribution in [2.75, 3.05) is 0 Å². The number of rotatable bonds is 1. The maximum atomic E-state index is 6.16. The van der Waals surface area contributed by atoms with Crippen molar-refractivity contribution in [1.82, 2.24) is 9.97 Å². The highest BCUT2D eigenvalue weighted by Gasteiger charge is 2.13. The molecule has 0 spiro atoms. The number of halogens is 3. The van der Waals surface area contributed by atoms with E-state index in [9.17, 15) is 0 Å². The molecule has 2 aromatic heterocycles. The van der Waals surface area contributed by atoms with Crippen LogP contribution < -0.4 is 0 Å². The van der Waals surface area contributed by atoms with Crippen molar-refractivity contribution in [2.24, 2.45) is 0 Å². The van der Waals surface area contributed by atoms with E-state index in [1.807, 2.05) is 17.5 Å². The number of aromatic nitrogens is 2. The van der Waals surface area contributed by atoms with Gasteiger partial charge in [0.2, 0.25) is 0 Å². The fourth-order valence-electron chi connectivity index (χ4n) is 1.65. The molecule has 6 heteroatoms. The van der Waals surface area contributed by atoms with E-state index in [0.717, 1.165) is 4.88 Å². The van der Waals surface area contributed by atoms with Crippen molar-refractivity contribution in [3.63, 3.8) is 0 Å². The average Bonchev–Trinajstić information content (AvgIpc) is 2.75. The van der Waals surface area contributed by atoms with Crippen molar-refractivity contribution < 1.29 is 0 Å². The average molecular weight is 316 g/mol. The Bertz CT molecular complexity index is 739. The van der Waals surface area contributed by atoms with Crippen molar-refractivity contribution in [2.45, 2.75) is 0 Å². The molecule has 0 aliphatic rings. The SMILES string of the molecule is Clc1ccsc1-c1nc(Cl)c2c(Cl)cccc2n1. The van der Waals surface area contributed by atoms with Gasteiger partial charge in [0.25, 0.3) is 0 Å². The van der Waals surface area contributed by atoms with Crippen LogP contribution >= 0.6 is 46.1 Å². The van der Waals surface area contributed by atoms with Crippen LogP contribution in [0.4, 0.5) is 0 Å². The number of fused-ring (bicyclic) bond motifs is 1. The van der Waals surface area contributed by atoms with Gasteiger partial charge in [-0.3, -0.25) is 0 Å². The Labute approximate surface area is 122 Å². The normalized spacial score (nSPS) is 11.1. The molecule has 0 unspecified atom stereocenters. The van der Waals surface area contributed by atoms with Gasteiger partial charge in [-0.05, 0) is 23.6 Å². The quantitative estimate of drug-likeness (QED) is 0.568. The highest BCUT2D eigenvalue weighted by Crippen LogP contribution is 2.34. The molecule has 3 aromatic rings. The van der Waals surface area contributed by atoms with Crippen molar-refractivity contribution in [3.05, 3.63) is 44.8 Å². The Kier molecular flexibility index (Phi) is 3.16. The molecule has 18 heavy (non-hydrogen) atoms. The molecule has 90 valence electrons. The summed E-state index contributed by atoms with van der Waals surface area (Å²) in [4.78, 5) is 9.51. The number of benzene rings is 1. The minimum Gasteiger partial charge on any atom is -0.227 e. The lowest BCUT2D eigenvalue weighted by Gasteiger charge is -2.04. The summed E-state index contributed by atoms with van der Waals surface area (Å²) < 4.78 is 0. The summed E-state index contributed by atoms with van der Waals surface area (Å²) in [6.07, 6.45) is 0. The van der Waals surface area contributed by atoms with E-state index in [2.05, 4.69) is 9.97 Å². The van der Waals surface area contributed by atoms with Gasteiger partial charge in [0.15, 0.2) is 5.82 Å². The van der Waals surface area contributed by atoms with E-state index in [1.54, 1.807) is 12.1 Å². The first-order chi connectivity index (χ1) is 8.66. The molecule has 0 aliphatic carbocycles. The van der Waals surface area contributed by atoms with Gasteiger partial charge >= 0.3 is 0 Å². The summed E-state index contributed by atoms with van der Waals surface area (Å²) in [7, 11) is 0. The third-order valence-electron chi connectivity index (χ3n) is 2.45. The van der Waals surface area contributed by atoms with Gasteiger partial charge in [-0.25, -0.2) is 9.97 Å². The zero-order valence-corrected chi connectivity index (χ0v) is 11.9. The van der Waals surface area contributed by atoms with Crippen LogP contribution in [-0.2, 0) is 0 Å². The Hall–Kier alpha value is -0.870. The summed E-state index contributed by atoms with van der Waals surface area (Å²) in [5.74, 6) is 0.523. The van der Waals surface area contributed by atoms with Crippen LogP contribution in [-0.4, -0.2) is 9.97 Å². The third kappa shape index (κ3) is 1.97. The molecule has 0 bridgehead atoms. The fraction of sp³-hybridized carbons (Fsp3) is 0. The largest absolute Gasteiger partial charge is 0.227 e. The summed E-state index contributed by atoms with van der Waals surface area (Å²) in [5.41, 5.74) is 0.710. The van der Waals surface area contributed by atoms with E-state index < -0.39 is 0 Å². The summed E-state index contributed by atoms with van der Waals surface area (Å²) >= 11 is 19.8. The van der Waals surface area contributed by atoms with Gasteiger partial charge in [0.05, 0.1) is 25.8 Å². The summed E-state index contributed by atoms with van der Waals surface area (Å²) in [6, 6.07) is 7.24. The second-order valence-corrected chi connectivity index (χ2v) is 5.66. The summed E-state index contributed by atoms with van der Waals surface area (Å²) in [6.45, 7) is 0. The van der Waals surface area contributed by atoms with Crippen LogP contribution in [0.2, 0.25) is 15.2 Å². The molecule has 0 saturated carbocycles. The topological polar surface area (TPSA) is 25.8 Å². The maximum absolute atomic E-state index is 6.16. The van der Waals surface area contributed by atoms with E-state index in [4.69, 9.17) is 34.8 Å². The molecular weight excluding hydrogens is 311 g/mol. The second kappa shape index (κ2) is 4.67. The van der Waals surface area contributed by atoms with Crippen LogP contribution in [0.1, 0.15) is 0 Å². The van der Waals surface area contributed by atoms with Crippen LogP contribution in [0.15, 0.2) is 29.6 Å². The lowest BCUT2D eigenvalue weighted by molar-refractivity contribution is 1.24. The predicted molar refractivity (Wildman–Crippen MR) is 77.9 cm³/mol. The minimum atomic E-state index is 0.338. The Balaban J connectivity index is 2.32. The van der Waals surface area contributed by atoms with Gasteiger partial charge in [-0.2, -0.15) is 0 Å². The Morgan fingerprint density at radius 2 is 1.78 bits per heavy atom. The fourth-order valence-corrected chi connectivity index (χ4v) is 3.31. The third-order valence-corrected chi connectivity index (χ3v) is 4.37. The lowest BCUT2D eigenvalue weighted by Crippen LogP contribution is -1.91. The maximum Gasteiger partial charge on any atom is 0.173 e. The smallest absolute Gasteiger partial charge is 0.173 e. The molecule has 0 amide bonds. The molecule has 0 atom stereocenters. The van der Waals surface area contributed by atoms with E-state index in [-0.39, 0.29) is 0 Å². The van der Waals surface area contributed by atoms with Gasteiger partial charge < -0.3 is 0 Å². The standard InChI is InChI=1S/C12H5Cl3N2S/c13-6-2-1-3-8-9(6)11(15)17-12(16-8)10-7(14)4-5-18-10/h1-5H. The van der Waals surface area contributed by atoms with Crippen molar-refractivity contribution >= 4 is 57.0 Å². The number of thiophene rings is 1. The molecule has 2 heterocycles. The second-order valence-electron chi connectivity index (χ2n) is 3.57. The monoisotopic (exact) mass is 314 g/mol. The van der Waals surface area contributed by atoms with Gasteiger partial charge in [0, 0.05) is 0 Å².